The van der Waals surface area contributed by atoms with Gasteiger partial charge < -0.3 is 35.9 Å². The lowest BCUT2D eigenvalue weighted by molar-refractivity contribution is 0.0980. The van der Waals surface area contributed by atoms with Gasteiger partial charge in [0.15, 0.2) is 17.3 Å². The summed E-state index contributed by atoms with van der Waals surface area (Å²) in [6, 6.07) is 41.2. The van der Waals surface area contributed by atoms with Crippen molar-refractivity contribution in [3.8, 4) is 5.75 Å². The molecular weight excluding hydrogens is 1380 g/mol. The molecule has 0 bridgehead atoms. The maximum atomic E-state index is 13.0. The third-order valence-corrected chi connectivity index (χ3v) is 17.6. The minimum atomic E-state index is -0.446. The molecule has 3 aliphatic rings. The first-order valence-corrected chi connectivity index (χ1v) is 32.8. The standard InChI is InChI=1S/C25H20Cl3N3O2.C24H21ClN4O3.C23H17Cl3N4O2/c26-17-6-4-15(20(12-17)25(33)31-23-9-7-18(27)13-30-23)11-22(32)19-8-5-16(10-21(19)28)24(29)14-2-1-3-14;1-32-19-8-6-17(20(13-19)24(31)28-22-9-7-18(25)14-27-22)12-21(30)15-2-4-16(5-3-15)23(26)29-10-11-29;24-15-3-1-13(18(11-15)23(32)29-21-6-4-16(25)12-28-21)10-20(31)17-5-2-14(9-19(17)26)22(27)30-7-8-30/h4-10,12-14,29H,1-3,11H2,(H,30,31,33);2-9,13-14,26H,10-12H2,1H3,(H,27,28,31);1-6,9,11-12,27H,7-8,10H2,(H,28,29,32). The fourth-order valence-corrected chi connectivity index (χ4v) is 11.3. The Morgan fingerprint density at radius 2 is 0.794 bits per heavy atom. The summed E-state index contributed by atoms with van der Waals surface area (Å²) in [4.78, 5) is 93.6. The topological polar surface area (TPSA) is 264 Å². The fraction of sp³-hybridized carbons (Fsp3) is 0.167. The van der Waals surface area contributed by atoms with Gasteiger partial charge in [0.1, 0.15) is 34.9 Å². The summed E-state index contributed by atoms with van der Waals surface area (Å²) < 4.78 is 5.25. The summed E-state index contributed by atoms with van der Waals surface area (Å²) in [5.74, 6) is 0.741. The normalized spacial score (nSPS) is 12.7. The highest BCUT2D eigenvalue weighted by atomic mass is 35.5. The van der Waals surface area contributed by atoms with Crippen LogP contribution in [-0.4, -0.2) is 110 Å². The third kappa shape index (κ3) is 18.8. The molecule has 0 atom stereocenters. The molecule has 5 heterocycles. The molecule has 3 fully saturated rings. The number of amidine groups is 2. The lowest BCUT2D eigenvalue weighted by Gasteiger charge is -2.26. The maximum Gasteiger partial charge on any atom is 0.257 e. The fourth-order valence-electron chi connectivity index (χ4n) is 10.0. The number of aromatic nitrogens is 3. The molecule has 0 radical (unpaired) electrons. The smallest absolute Gasteiger partial charge is 0.257 e. The number of rotatable bonds is 20. The molecular formula is C72H58Cl7N11O7. The Bertz CT molecular complexity index is 4550. The van der Waals surface area contributed by atoms with E-state index in [9.17, 15) is 28.8 Å². The molecule has 3 aromatic heterocycles. The van der Waals surface area contributed by atoms with Gasteiger partial charge in [-0.2, -0.15) is 0 Å². The van der Waals surface area contributed by atoms with E-state index in [1.807, 2.05) is 9.80 Å². The summed E-state index contributed by atoms with van der Waals surface area (Å²) in [6.07, 6.45) is 7.43. The summed E-state index contributed by atoms with van der Waals surface area (Å²) in [5, 5.41) is 35.3. The van der Waals surface area contributed by atoms with Gasteiger partial charge in [0, 0.05) is 130 Å². The Morgan fingerprint density at radius 1 is 0.423 bits per heavy atom. The molecule has 3 amide bonds. The van der Waals surface area contributed by atoms with E-state index in [0.29, 0.717) is 115 Å². The van der Waals surface area contributed by atoms with Crippen molar-refractivity contribution in [1.82, 2.24) is 24.8 Å². The van der Waals surface area contributed by atoms with Gasteiger partial charge in [0.25, 0.3) is 17.7 Å². The number of ketones is 3. The minimum Gasteiger partial charge on any atom is -0.497 e. The number of ether oxygens (including phenoxy) is 1. The summed E-state index contributed by atoms with van der Waals surface area (Å²) in [5.41, 5.74) is 6.39. The third-order valence-electron chi connectivity index (χ3n) is 15.8. The van der Waals surface area contributed by atoms with Gasteiger partial charge in [-0.25, -0.2) is 15.0 Å². The second kappa shape index (κ2) is 32.1. The molecule has 18 nitrogen and oxygen atoms in total. The molecule has 9 aromatic rings. The molecule has 1 saturated carbocycles. The van der Waals surface area contributed by atoms with Crippen LogP contribution in [0, 0.1) is 22.1 Å². The van der Waals surface area contributed by atoms with Crippen LogP contribution in [0.5, 0.6) is 5.75 Å². The van der Waals surface area contributed by atoms with Crippen LogP contribution in [0.1, 0.15) is 115 Å². The highest BCUT2D eigenvalue weighted by molar-refractivity contribution is 6.36. The zero-order valence-corrected chi connectivity index (χ0v) is 56.8. The number of carbonyl (C=O) groups is 6. The van der Waals surface area contributed by atoms with Crippen LogP contribution >= 0.6 is 81.2 Å². The Balaban J connectivity index is 0.000000158. The highest BCUT2D eigenvalue weighted by Gasteiger charge is 2.27. The molecule has 12 rings (SSSR count). The van der Waals surface area contributed by atoms with Gasteiger partial charge in [-0.05, 0) is 132 Å². The molecule has 2 saturated heterocycles. The van der Waals surface area contributed by atoms with Gasteiger partial charge in [0.2, 0.25) is 0 Å². The number of anilines is 3. The molecule has 1 aliphatic carbocycles. The van der Waals surface area contributed by atoms with Crippen molar-refractivity contribution in [1.29, 1.82) is 16.2 Å². The van der Waals surface area contributed by atoms with Crippen LogP contribution in [0.25, 0.3) is 0 Å². The first kappa shape index (κ1) is 70.4. The molecule has 97 heavy (non-hydrogen) atoms. The first-order chi connectivity index (χ1) is 46.6. The Morgan fingerprint density at radius 3 is 1.19 bits per heavy atom. The Hall–Kier alpha value is -9.37. The van der Waals surface area contributed by atoms with Crippen molar-refractivity contribution in [3.05, 3.63) is 272 Å². The molecule has 6 aromatic carbocycles. The van der Waals surface area contributed by atoms with E-state index in [4.69, 9.17) is 102 Å². The quantitative estimate of drug-likeness (QED) is 0.0180. The van der Waals surface area contributed by atoms with E-state index >= 15 is 0 Å². The maximum absolute atomic E-state index is 13.0. The number of pyridine rings is 3. The van der Waals surface area contributed by atoms with Gasteiger partial charge in [-0.15, -0.1) is 0 Å². The number of carbonyl (C=O) groups excluding carboxylic acids is 6. The SMILES string of the molecule is COc1ccc(CC(=O)c2ccc(C(=N)N3CC3)cc2)c(C(=O)Nc2ccc(Cl)cn2)c1.N=C(c1ccc(C(=O)Cc2ccc(Cl)cc2C(=O)Nc2ccc(Cl)cn2)c(Cl)c1)C1CCC1.N=C(c1ccc(C(=O)Cc2ccc(Cl)cc2C(=O)Nc2ccc(Cl)cn2)c(Cl)c1)N1CC1. The molecule has 2 aliphatic heterocycles. The molecule has 6 N–H and O–H groups in total. The van der Waals surface area contributed by atoms with Crippen LogP contribution in [0.4, 0.5) is 17.5 Å². The number of Topliss-reactive ketones (excluding diaryl/α,β-unsaturated/α-hetero) is 3. The average Bonchev–Trinajstić information content (AvgIpc) is 1.86. The van der Waals surface area contributed by atoms with Gasteiger partial charge in [-0.1, -0.05) is 142 Å². The largest absolute Gasteiger partial charge is 0.497 e. The monoisotopic (exact) mass is 1430 g/mol. The predicted molar refractivity (Wildman–Crippen MR) is 382 cm³/mol. The van der Waals surface area contributed by atoms with Crippen molar-refractivity contribution in [2.24, 2.45) is 5.92 Å². The Kier molecular flexibility index (Phi) is 23.3. The lowest BCUT2D eigenvalue weighted by atomic mass is 9.79. The number of benzene rings is 6. The minimum absolute atomic E-state index is 0.0346. The van der Waals surface area contributed by atoms with Crippen molar-refractivity contribution >= 4 is 151 Å². The van der Waals surface area contributed by atoms with E-state index in [-0.39, 0.29) is 58.7 Å². The Labute approximate surface area is 593 Å². The molecule has 25 heteroatoms. The van der Waals surface area contributed by atoms with Crippen molar-refractivity contribution in [3.63, 3.8) is 0 Å². The van der Waals surface area contributed by atoms with Crippen LogP contribution in [0.15, 0.2) is 170 Å². The van der Waals surface area contributed by atoms with Crippen molar-refractivity contribution < 1.29 is 33.5 Å². The van der Waals surface area contributed by atoms with Crippen LogP contribution in [0.3, 0.4) is 0 Å². The van der Waals surface area contributed by atoms with E-state index in [0.717, 1.165) is 56.6 Å². The average molecular weight is 1440 g/mol. The summed E-state index contributed by atoms with van der Waals surface area (Å²) >= 11 is 42.5. The number of methoxy groups -OCH3 is 1. The van der Waals surface area contributed by atoms with Crippen LogP contribution in [0.2, 0.25) is 35.2 Å². The van der Waals surface area contributed by atoms with Crippen molar-refractivity contribution in [2.45, 2.75) is 38.5 Å². The van der Waals surface area contributed by atoms with Gasteiger partial charge in [-0.3, -0.25) is 39.6 Å². The zero-order valence-electron chi connectivity index (χ0n) is 51.6. The van der Waals surface area contributed by atoms with E-state index in [1.54, 1.807) is 140 Å². The number of amides is 3. The van der Waals surface area contributed by atoms with Gasteiger partial charge in [0.05, 0.1) is 32.2 Å². The number of hydrogen-bond acceptors (Lipinski definition) is 13. The highest BCUT2D eigenvalue weighted by Crippen LogP contribution is 2.33. The summed E-state index contributed by atoms with van der Waals surface area (Å²) in [7, 11) is 1.51. The molecule has 0 unspecified atom stereocenters. The number of hydrogen-bond donors (Lipinski definition) is 6. The van der Waals surface area contributed by atoms with Crippen LogP contribution < -0.4 is 20.7 Å². The summed E-state index contributed by atoms with van der Waals surface area (Å²) in [6.45, 7) is 3.49. The molecule has 0 spiro atoms. The number of nitrogens with one attached hydrogen (secondary N) is 6. The van der Waals surface area contributed by atoms with Crippen LogP contribution in [-0.2, 0) is 19.3 Å². The van der Waals surface area contributed by atoms with Crippen molar-refractivity contribution in [2.75, 3.05) is 49.2 Å². The molecule has 492 valence electrons. The second-order valence-corrected chi connectivity index (χ2v) is 25.5. The van der Waals surface area contributed by atoms with E-state index < -0.39 is 17.7 Å². The van der Waals surface area contributed by atoms with Gasteiger partial charge >= 0.3 is 0 Å². The zero-order chi connectivity index (χ0) is 69.0. The van der Waals surface area contributed by atoms with E-state index in [2.05, 4.69) is 30.9 Å². The predicted octanol–water partition coefficient (Wildman–Crippen LogP) is 16.3. The second-order valence-electron chi connectivity index (χ2n) is 22.6. The first-order valence-electron chi connectivity index (χ1n) is 30.2. The lowest BCUT2D eigenvalue weighted by Crippen LogP contribution is -2.22. The van der Waals surface area contributed by atoms with E-state index in [1.165, 1.54) is 37.8 Å². The number of nitrogens with zero attached hydrogens (tertiary/aromatic N) is 5. The number of halogens is 7.